The molecule has 0 spiro atoms. The summed E-state index contributed by atoms with van der Waals surface area (Å²) in [7, 11) is 1.62. The van der Waals surface area contributed by atoms with Gasteiger partial charge in [0.15, 0.2) is 16.6 Å². The number of nitrogens with one attached hydrogen (secondary N) is 2. The van der Waals surface area contributed by atoms with Crippen LogP contribution in [0.5, 0.6) is 11.5 Å². The molecule has 9 nitrogen and oxygen atoms in total. The molecule has 1 fully saturated rings. The lowest BCUT2D eigenvalue weighted by atomic mass is 9.59. The Hall–Kier alpha value is -3.83. The highest BCUT2D eigenvalue weighted by molar-refractivity contribution is 7.15. The van der Waals surface area contributed by atoms with E-state index in [4.69, 9.17) is 9.47 Å². The summed E-state index contributed by atoms with van der Waals surface area (Å²) in [5.41, 5.74) is 1.29. The molecule has 257 valence electrons. The summed E-state index contributed by atoms with van der Waals surface area (Å²) in [6.45, 7) is 18.0. The first kappa shape index (κ1) is 35.5. The van der Waals surface area contributed by atoms with Crippen LogP contribution in [0, 0.1) is 28.5 Å². The first-order chi connectivity index (χ1) is 22.8. The zero-order chi connectivity index (χ0) is 34.5. The average molecular weight is 676 g/mol. The van der Waals surface area contributed by atoms with E-state index in [9.17, 15) is 9.18 Å². The predicted molar refractivity (Wildman–Crippen MR) is 192 cm³/mol. The van der Waals surface area contributed by atoms with Crippen molar-refractivity contribution in [1.29, 1.82) is 0 Å². The Kier molecular flexibility index (Phi) is 11.2. The van der Waals surface area contributed by atoms with Crippen LogP contribution in [-0.2, 0) is 11.2 Å². The van der Waals surface area contributed by atoms with Crippen LogP contribution in [0.2, 0.25) is 0 Å². The van der Waals surface area contributed by atoms with Crippen molar-refractivity contribution < 1.29 is 18.7 Å². The maximum absolute atomic E-state index is 13.9. The molecular formula is C37H48FN6O3S. The number of nitrogens with zero attached hydrogens (tertiary/aromatic N) is 4. The second-order valence-corrected chi connectivity index (χ2v) is 15.6. The fourth-order valence-corrected chi connectivity index (χ4v) is 7.97. The van der Waals surface area contributed by atoms with Gasteiger partial charge in [-0.05, 0) is 73.2 Å². The summed E-state index contributed by atoms with van der Waals surface area (Å²) in [5, 5.41) is 7.17. The van der Waals surface area contributed by atoms with Gasteiger partial charge in [-0.25, -0.2) is 19.3 Å². The average Bonchev–Trinajstić information content (AvgIpc) is 3.45. The van der Waals surface area contributed by atoms with Crippen molar-refractivity contribution in [2.24, 2.45) is 16.7 Å². The van der Waals surface area contributed by atoms with Gasteiger partial charge >= 0.3 is 0 Å². The number of fused-ring (bicyclic) bond motifs is 1. The zero-order valence-corrected chi connectivity index (χ0v) is 30.0. The third-order valence-electron chi connectivity index (χ3n) is 8.67. The Morgan fingerprint density at radius 2 is 1.75 bits per heavy atom. The van der Waals surface area contributed by atoms with Crippen molar-refractivity contribution in [3.05, 3.63) is 65.5 Å². The molecule has 1 aliphatic rings. The van der Waals surface area contributed by atoms with Crippen LogP contribution < -0.4 is 20.1 Å². The molecule has 0 saturated carbocycles. The largest absolute Gasteiger partial charge is 0.493 e. The van der Waals surface area contributed by atoms with Crippen molar-refractivity contribution in [3.8, 4) is 11.5 Å². The normalized spacial score (nSPS) is 14.8. The van der Waals surface area contributed by atoms with Crippen molar-refractivity contribution in [2.75, 3.05) is 44.0 Å². The molecule has 0 aliphatic carbocycles. The highest BCUT2D eigenvalue weighted by Gasteiger charge is 2.41. The van der Waals surface area contributed by atoms with E-state index < -0.39 is 5.82 Å². The fraction of sp³-hybridized carbons (Fsp3) is 0.486. The number of carbonyl (C=O) groups is 1. The third kappa shape index (κ3) is 8.99. The number of thiazole rings is 1. The summed E-state index contributed by atoms with van der Waals surface area (Å²) in [6.07, 6.45) is 6.53. The van der Waals surface area contributed by atoms with Crippen molar-refractivity contribution in [3.63, 3.8) is 0 Å². The van der Waals surface area contributed by atoms with Crippen LogP contribution in [0.15, 0.2) is 48.9 Å². The molecular weight excluding hydrogens is 628 g/mol. The number of rotatable bonds is 12. The van der Waals surface area contributed by atoms with E-state index >= 15 is 0 Å². The van der Waals surface area contributed by atoms with Gasteiger partial charge in [0.2, 0.25) is 5.91 Å². The molecule has 11 heteroatoms. The standard InChI is InChI=1S/C37H48FN6O3S/c1-36(2,3)33(37(4,5)6)24-13-16-44(17-14-24)15-10-18-47-31-21-29-26(20-30(31)46-7)34(41-23-40-29)43-35-39-22-25(48-35)19-32(45)42-28-12-9-8-11-27(28)38/h8-9,11-12,20-24H,10,13-19H2,1-7H3,(H,42,45)(H,39,40,41,43). The maximum Gasteiger partial charge on any atom is 0.229 e. The summed E-state index contributed by atoms with van der Waals surface area (Å²) in [4.78, 5) is 29.1. The van der Waals surface area contributed by atoms with Crippen molar-refractivity contribution in [1.82, 2.24) is 19.9 Å². The van der Waals surface area contributed by atoms with E-state index in [1.54, 1.807) is 31.4 Å². The van der Waals surface area contributed by atoms with Gasteiger partial charge in [-0.2, -0.15) is 0 Å². The van der Waals surface area contributed by atoms with E-state index in [2.05, 4.69) is 72.0 Å². The quantitative estimate of drug-likeness (QED) is 0.145. The number of amides is 1. The van der Waals surface area contributed by atoms with Crippen LogP contribution >= 0.6 is 11.3 Å². The van der Waals surface area contributed by atoms with Gasteiger partial charge < -0.3 is 25.0 Å². The number of carbonyl (C=O) groups excluding carboxylic acids is 1. The molecule has 1 aliphatic heterocycles. The molecule has 2 N–H and O–H groups in total. The lowest BCUT2D eigenvalue weighted by molar-refractivity contribution is -0.115. The molecule has 0 unspecified atom stereocenters. The van der Waals surface area contributed by atoms with E-state index in [0.29, 0.717) is 40.5 Å². The van der Waals surface area contributed by atoms with Crippen LogP contribution in [0.3, 0.4) is 0 Å². The highest BCUT2D eigenvalue weighted by atomic mass is 32.1. The molecule has 3 heterocycles. The topological polar surface area (TPSA) is 102 Å². The maximum atomic E-state index is 13.9. The third-order valence-corrected chi connectivity index (χ3v) is 9.58. The lowest BCUT2D eigenvalue weighted by Gasteiger charge is -2.48. The Balaban J connectivity index is 1.15. The minimum Gasteiger partial charge on any atom is -0.493 e. The Bertz CT molecular complexity index is 1680. The van der Waals surface area contributed by atoms with Crippen molar-refractivity contribution in [2.45, 2.75) is 67.2 Å². The number of hydrogen-bond donors (Lipinski definition) is 2. The zero-order valence-electron chi connectivity index (χ0n) is 29.2. The minimum atomic E-state index is -0.479. The van der Waals surface area contributed by atoms with E-state index in [-0.39, 0.29) is 28.8 Å². The molecule has 0 bridgehead atoms. The Morgan fingerprint density at radius 1 is 1.02 bits per heavy atom. The van der Waals surface area contributed by atoms with Gasteiger partial charge in [0.1, 0.15) is 18.0 Å². The number of ether oxygens (including phenoxy) is 2. The second kappa shape index (κ2) is 15.2. The molecule has 1 radical (unpaired) electrons. The number of benzene rings is 2. The summed E-state index contributed by atoms with van der Waals surface area (Å²) < 4.78 is 25.8. The van der Waals surface area contributed by atoms with E-state index in [1.807, 2.05) is 12.1 Å². The van der Waals surface area contributed by atoms with Crippen LogP contribution in [0.1, 0.15) is 65.7 Å². The monoisotopic (exact) mass is 675 g/mol. The van der Waals surface area contributed by atoms with Crippen LogP contribution in [0.25, 0.3) is 10.9 Å². The molecule has 2 aromatic heterocycles. The molecule has 1 amide bonds. The summed E-state index contributed by atoms with van der Waals surface area (Å²) in [5.74, 6) is 3.36. The SMILES string of the molecule is COc1cc2c(Nc3ncc(CC(=O)Nc4ccccc4F)s3)ncnc2cc1OCCCN1CCC([C](C(C)(C)C)C(C)(C)C)CC1. The first-order valence-electron chi connectivity index (χ1n) is 16.6. The number of aromatic nitrogens is 3. The first-order valence-corrected chi connectivity index (χ1v) is 17.5. The number of para-hydroxylation sites is 1. The summed E-state index contributed by atoms with van der Waals surface area (Å²) in [6, 6.07) is 9.82. The number of likely N-dealkylation sites (tertiary alicyclic amines) is 1. The predicted octanol–water partition coefficient (Wildman–Crippen LogP) is 8.31. The molecule has 4 aromatic rings. The number of halogens is 1. The van der Waals surface area contributed by atoms with Gasteiger partial charge in [-0.3, -0.25) is 4.79 Å². The molecule has 2 aromatic carbocycles. The smallest absolute Gasteiger partial charge is 0.229 e. The van der Waals surface area contributed by atoms with Gasteiger partial charge in [0.05, 0.1) is 31.3 Å². The van der Waals surface area contributed by atoms with E-state index in [0.717, 1.165) is 36.3 Å². The lowest BCUT2D eigenvalue weighted by Crippen LogP contribution is -2.43. The number of piperidine rings is 1. The highest BCUT2D eigenvalue weighted by Crippen LogP contribution is 2.49. The Morgan fingerprint density at radius 3 is 2.44 bits per heavy atom. The van der Waals surface area contributed by atoms with Gasteiger partial charge in [0.25, 0.3) is 0 Å². The van der Waals surface area contributed by atoms with Crippen molar-refractivity contribution >= 4 is 44.8 Å². The van der Waals surface area contributed by atoms with E-state index in [1.165, 1.54) is 42.6 Å². The molecule has 1 saturated heterocycles. The minimum absolute atomic E-state index is 0.0684. The van der Waals surface area contributed by atoms with Crippen LogP contribution in [-0.4, -0.2) is 59.1 Å². The van der Waals surface area contributed by atoms with Gasteiger partial charge in [0, 0.05) is 29.1 Å². The Labute approximate surface area is 287 Å². The number of methoxy groups -OCH3 is 1. The fourth-order valence-electron chi connectivity index (χ4n) is 7.16. The molecule has 5 rings (SSSR count). The number of anilines is 3. The van der Waals surface area contributed by atoms with Crippen LogP contribution in [0.4, 0.5) is 21.0 Å². The van der Waals surface area contributed by atoms with Gasteiger partial charge in [-0.1, -0.05) is 53.7 Å². The number of hydrogen-bond acceptors (Lipinski definition) is 9. The molecule has 48 heavy (non-hydrogen) atoms. The second-order valence-electron chi connectivity index (χ2n) is 14.4. The summed E-state index contributed by atoms with van der Waals surface area (Å²) >= 11 is 1.32. The molecule has 0 atom stereocenters. The van der Waals surface area contributed by atoms with Gasteiger partial charge in [-0.15, -0.1) is 11.3 Å².